The highest BCUT2D eigenvalue weighted by atomic mass is 16.2. The van der Waals surface area contributed by atoms with Gasteiger partial charge in [-0.1, -0.05) is 48.5 Å². The fourth-order valence-electron chi connectivity index (χ4n) is 5.30. The number of nitrogens with zero attached hydrogens (tertiary/aromatic N) is 4. The average molecular weight is 459 g/mol. The lowest BCUT2D eigenvalue weighted by atomic mass is 10.1. The molecule has 5 rings (SSSR count). The van der Waals surface area contributed by atoms with Crippen LogP contribution in [0.25, 0.3) is 5.69 Å². The topological polar surface area (TPSA) is 50.5 Å². The zero-order chi connectivity index (χ0) is 23.7. The van der Waals surface area contributed by atoms with E-state index in [1.165, 1.54) is 18.4 Å². The van der Waals surface area contributed by atoms with Crippen molar-refractivity contribution in [1.29, 1.82) is 0 Å². The van der Waals surface area contributed by atoms with Crippen LogP contribution in [0.15, 0.2) is 65.5 Å². The van der Waals surface area contributed by atoms with Crippen LogP contribution < -0.4 is 5.56 Å². The van der Waals surface area contributed by atoms with Gasteiger partial charge in [0.2, 0.25) is 5.91 Å². The van der Waals surface area contributed by atoms with Crippen molar-refractivity contribution in [3.63, 3.8) is 0 Å². The summed E-state index contributed by atoms with van der Waals surface area (Å²) >= 11 is 0. The van der Waals surface area contributed by atoms with Gasteiger partial charge in [-0.3, -0.25) is 14.3 Å². The summed E-state index contributed by atoms with van der Waals surface area (Å²) in [6.07, 6.45) is 3.35. The minimum Gasteiger partial charge on any atom is -0.337 e. The summed E-state index contributed by atoms with van der Waals surface area (Å²) in [6.45, 7) is 6.07. The third kappa shape index (κ3) is 4.47. The number of benzene rings is 2. The molecule has 1 aliphatic heterocycles. The van der Waals surface area contributed by atoms with Crippen molar-refractivity contribution >= 4 is 5.91 Å². The van der Waals surface area contributed by atoms with E-state index in [0.29, 0.717) is 24.6 Å². The van der Waals surface area contributed by atoms with Gasteiger partial charge >= 0.3 is 0 Å². The second kappa shape index (κ2) is 9.63. The number of hydrogen-bond donors (Lipinski definition) is 0. The van der Waals surface area contributed by atoms with E-state index in [4.69, 9.17) is 0 Å². The Morgan fingerprint density at radius 1 is 1.00 bits per heavy atom. The molecule has 0 N–H and O–H groups in total. The number of hydrogen-bond acceptors (Lipinski definition) is 3. The van der Waals surface area contributed by atoms with E-state index in [2.05, 4.69) is 17.0 Å². The fourth-order valence-corrected chi connectivity index (χ4v) is 5.30. The van der Waals surface area contributed by atoms with Crippen LogP contribution >= 0.6 is 0 Å². The summed E-state index contributed by atoms with van der Waals surface area (Å²) in [6, 6.07) is 20.0. The van der Waals surface area contributed by atoms with Gasteiger partial charge in [0.15, 0.2) is 0 Å². The van der Waals surface area contributed by atoms with Gasteiger partial charge in [-0.15, -0.1) is 0 Å². The molecule has 0 bridgehead atoms. The van der Waals surface area contributed by atoms with Crippen LogP contribution in [0, 0.1) is 12.8 Å². The first-order valence-corrected chi connectivity index (χ1v) is 12.4. The molecule has 2 aromatic carbocycles. The van der Waals surface area contributed by atoms with E-state index in [-0.39, 0.29) is 17.4 Å². The van der Waals surface area contributed by atoms with Crippen molar-refractivity contribution in [3.8, 4) is 5.69 Å². The molecule has 6 heteroatoms. The van der Waals surface area contributed by atoms with Crippen molar-refractivity contribution in [2.24, 2.45) is 13.0 Å². The van der Waals surface area contributed by atoms with E-state index in [1.54, 1.807) is 4.68 Å². The van der Waals surface area contributed by atoms with E-state index >= 15 is 0 Å². The number of rotatable bonds is 8. The van der Waals surface area contributed by atoms with Gasteiger partial charge in [-0.2, -0.15) is 0 Å². The van der Waals surface area contributed by atoms with Gasteiger partial charge in [0.05, 0.1) is 17.8 Å². The molecule has 34 heavy (non-hydrogen) atoms. The van der Waals surface area contributed by atoms with Crippen LogP contribution in [0.4, 0.5) is 0 Å². The first kappa shape index (κ1) is 22.7. The summed E-state index contributed by atoms with van der Waals surface area (Å²) in [5.41, 5.74) is 3.65. The number of likely N-dealkylation sites (tertiary alicyclic amines) is 1. The Morgan fingerprint density at radius 3 is 2.32 bits per heavy atom. The van der Waals surface area contributed by atoms with Crippen LogP contribution in [-0.2, 0) is 18.4 Å². The molecule has 1 amide bonds. The molecule has 6 nitrogen and oxygen atoms in total. The summed E-state index contributed by atoms with van der Waals surface area (Å²) < 4.78 is 3.61. The zero-order valence-electron chi connectivity index (χ0n) is 20.2. The number of aromatic nitrogens is 2. The summed E-state index contributed by atoms with van der Waals surface area (Å²) in [5.74, 6) is 0.490. The smallest absolute Gasteiger partial charge is 0.276 e. The van der Waals surface area contributed by atoms with Gasteiger partial charge in [-0.05, 0) is 62.9 Å². The molecule has 178 valence electrons. The highest BCUT2D eigenvalue weighted by molar-refractivity contribution is 5.83. The molecule has 1 saturated carbocycles. The van der Waals surface area contributed by atoms with Crippen LogP contribution in [0.3, 0.4) is 0 Å². The van der Waals surface area contributed by atoms with Crippen LogP contribution in [0.1, 0.15) is 42.0 Å². The molecule has 1 saturated heterocycles. The van der Waals surface area contributed by atoms with Crippen molar-refractivity contribution in [3.05, 3.63) is 87.8 Å². The first-order valence-electron chi connectivity index (χ1n) is 12.4. The fraction of sp³-hybridized carbons (Fsp3) is 0.429. The molecule has 2 heterocycles. The standard InChI is InChI=1S/C28H34N4O2/c1-21-26(28(34)32(29(21)2)23-13-7-4-8-14-23)20-31(18-17-30-15-9-10-16-30)27(33)25-19-24(25)22-11-5-3-6-12-22/h3-8,11-14,24-25H,9-10,15-20H2,1-2H3. The minimum atomic E-state index is -0.0411. The third-order valence-electron chi connectivity index (χ3n) is 7.55. The minimum absolute atomic E-state index is 0.0151. The molecule has 1 aromatic heterocycles. The Hall–Kier alpha value is -3.12. The van der Waals surface area contributed by atoms with Crippen molar-refractivity contribution in [1.82, 2.24) is 19.2 Å². The Kier molecular flexibility index (Phi) is 6.42. The molecular formula is C28H34N4O2. The normalized spacial score (nSPS) is 19.9. The van der Waals surface area contributed by atoms with Gasteiger partial charge in [-0.25, -0.2) is 4.68 Å². The van der Waals surface area contributed by atoms with Crippen LogP contribution in [-0.4, -0.2) is 51.2 Å². The van der Waals surface area contributed by atoms with E-state index in [9.17, 15) is 9.59 Å². The van der Waals surface area contributed by atoms with Gasteiger partial charge in [0.1, 0.15) is 0 Å². The first-order chi connectivity index (χ1) is 16.5. The van der Waals surface area contributed by atoms with Gasteiger partial charge in [0, 0.05) is 31.7 Å². The largest absolute Gasteiger partial charge is 0.337 e. The zero-order valence-corrected chi connectivity index (χ0v) is 20.2. The Labute approximate surface area is 201 Å². The van der Waals surface area contributed by atoms with Crippen LogP contribution in [0.5, 0.6) is 0 Å². The molecule has 1 aliphatic carbocycles. The molecular weight excluding hydrogens is 424 g/mol. The Morgan fingerprint density at radius 2 is 1.65 bits per heavy atom. The van der Waals surface area contributed by atoms with Gasteiger partial charge < -0.3 is 9.80 Å². The van der Waals surface area contributed by atoms with Gasteiger partial charge in [0.25, 0.3) is 5.56 Å². The number of carbonyl (C=O) groups is 1. The van der Waals surface area contributed by atoms with Crippen LogP contribution in [0.2, 0.25) is 0 Å². The second-order valence-corrected chi connectivity index (χ2v) is 9.71. The predicted molar refractivity (Wildman–Crippen MR) is 134 cm³/mol. The molecule has 2 unspecified atom stereocenters. The predicted octanol–water partition coefficient (Wildman–Crippen LogP) is 3.71. The number of amides is 1. The summed E-state index contributed by atoms with van der Waals surface area (Å²) in [7, 11) is 1.91. The van der Waals surface area contributed by atoms with E-state index in [1.807, 2.05) is 72.1 Å². The second-order valence-electron chi connectivity index (χ2n) is 9.71. The van der Waals surface area contributed by atoms with Crippen molar-refractivity contribution in [2.75, 3.05) is 26.2 Å². The third-order valence-corrected chi connectivity index (χ3v) is 7.55. The lowest BCUT2D eigenvalue weighted by Gasteiger charge is -2.25. The number of carbonyl (C=O) groups excluding carboxylic acids is 1. The van der Waals surface area contributed by atoms with E-state index in [0.717, 1.165) is 37.4 Å². The lowest BCUT2D eigenvalue weighted by Crippen LogP contribution is -2.39. The lowest BCUT2D eigenvalue weighted by molar-refractivity contribution is -0.133. The Balaban J connectivity index is 1.40. The van der Waals surface area contributed by atoms with Crippen molar-refractivity contribution < 1.29 is 4.79 Å². The van der Waals surface area contributed by atoms with E-state index < -0.39 is 0 Å². The highest BCUT2D eigenvalue weighted by Crippen LogP contribution is 2.48. The maximum atomic E-state index is 13.7. The highest BCUT2D eigenvalue weighted by Gasteiger charge is 2.45. The molecule has 2 fully saturated rings. The summed E-state index contributed by atoms with van der Waals surface area (Å²) in [4.78, 5) is 31.6. The molecule has 3 aromatic rings. The maximum absolute atomic E-state index is 13.7. The maximum Gasteiger partial charge on any atom is 0.276 e. The quantitative estimate of drug-likeness (QED) is 0.517. The van der Waals surface area contributed by atoms with Crippen molar-refractivity contribution in [2.45, 2.75) is 38.6 Å². The SMILES string of the molecule is Cc1c(CN(CCN2CCCC2)C(=O)C2CC2c2ccccc2)c(=O)n(-c2ccccc2)n1C. The monoisotopic (exact) mass is 458 g/mol. The molecule has 0 radical (unpaired) electrons. The molecule has 0 spiro atoms. The number of para-hydroxylation sites is 1. The molecule has 2 atom stereocenters. The summed E-state index contributed by atoms with van der Waals surface area (Å²) in [5, 5.41) is 0. The average Bonchev–Trinajstić information content (AvgIpc) is 3.44. The molecule has 2 aliphatic rings. The Bertz CT molecular complexity index is 1190.